The Morgan fingerprint density at radius 2 is 1.92 bits per heavy atom. The van der Waals surface area contributed by atoms with Crippen molar-refractivity contribution in [3.8, 4) is 0 Å². The molecule has 0 radical (unpaired) electrons. The van der Waals surface area contributed by atoms with Crippen molar-refractivity contribution in [2.75, 3.05) is 44.6 Å². The normalized spacial score (nSPS) is 16.2. The number of hydrogen-bond acceptors (Lipinski definition) is 8. The van der Waals surface area contributed by atoms with Crippen molar-refractivity contribution < 1.29 is 14.0 Å². The van der Waals surface area contributed by atoms with E-state index in [1.807, 2.05) is 6.92 Å². The molecule has 2 aromatic rings. The summed E-state index contributed by atoms with van der Waals surface area (Å²) in [6, 6.07) is 3.39. The lowest BCUT2D eigenvalue weighted by molar-refractivity contribution is -0.117. The number of Topliss-reactive ketones (excluding diaryl/α,β-unsaturated/α-hetero) is 1. The molecule has 1 aliphatic heterocycles. The minimum atomic E-state index is -0.0914. The minimum Gasteiger partial charge on any atom is -0.461 e. The molecular weight excluding hydrogens is 330 g/mol. The monoisotopic (exact) mass is 349 g/mol. The van der Waals surface area contributed by atoms with Crippen molar-refractivity contribution in [3.63, 3.8) is 0 Å². The van der Waals surface area contributed by atoms with Crippen molar-refractivity contribution in [2.24, 2.45) is 0 Å². The maximum absolute atomic E-state index is 12.0. The second-order valence-corrected chi connectivity index (χ2v) is 6.81. The average Bonchev–Trinajstić information content (AvgIpc) is 3.21. The van der Waals surface area contributed by atoms with E-state index in [4.69, 9.17) is 4.42 Å². The Labute approximate surface area is 143 Å². The van der Waals surface area contributed by atoms with Gasteiger partial charge in [-0.15, -0.1) is 10.2 Å². The van der Waals surface area contributed by atoms with Crippen LogP contribution in [0.2, 0.25) is 0 Å². The summed E-state index contributed by atoms with van der Waals surface area (Å²) >= 11 is 1.36. The van der Waals surface area contributed by atoms with Gasteiger partial charge in [-0.2, -0.15) is 0 Å². The minimum absolute atomic E-state index is 0.0159. The molecular formula is C15H19N5O3S. The summed E-state index contributed by atoms with van der Waals surface area (Å²) in [6.45, 7) is 5.49. The van der Waals surface area contributed by atoms with E-state index in [0.29, 0.717) is 24.0 Å². The largest absolute Gasteiger partial charge is 0.461 e. The number of carbonyl (C=O) groups excluding carboxylic acids is 2. The number of ketones is 1. The highest BCUT2D eigenvalue weighted by Crippen LogP contribution is 2.13. The highest BCUT2D eigenvalue weighted by atomic mass is 32.1. The van der Waals surface area contributed by atoms with Crippen molar-refractivity contribution in [2.45, 2.75) is 6.92 Å². The van der Waals surface area contributed by atoms with Gasteiger partial charge in [0.25, 0.3) is 0 Å². The molecule has 9 heteroatoms. The molecule has 0 aliphatic carbocycles. The van der Waals surface area contributed by atoms with E-state index in [1.54, 1.807) is 12.1 Å². The van der Waals surface area contributed by atoms with Gasteiger partial charge in [-0.3, -0.25) is 24.7 Å². The van der Waals surface area contributed by atoms with Gasteiger partial charge in [0, 0.05) is 26.2 Å². The van der Waals surface area contributed by atoms with Crippen molar-refractivity contribution in [1.29, 1.82) is 0 Å². The zero-order valence-electron chi connectivity index (χ0n) is 13.4. The fourth-order valence-electron chi connectivity index (χ4n) is 2.53. The van der Waals surface area contributed by atoms with Gasteiger partial charge in [0.2, 0.25) is 16.8 Å². The highest BCUT2D eigenvalue weighted by molar-refractivity contribution is 7.15. The Balaban J connectivity index is 1.40. The molecule has 3 heterocycles. The summed E-state index contributed by atoms with van der Waals surface area (Å²) in [5, 5.41) is 11.9. The third kappa shape index (κ3) is 4.47. The van der Waals surface area contributed by atoms with Crippen LogP contribution in [-0.4, -0.2) is 71.0 Å². The average molecular weight is 349 g/mol. The Morgan fingerprint density at radius 1 is 1.21 bits per heavy atom. The van der Waals surface area contributed by atoms with Gasteiger partial charge < -0.3 is 4.42 Å². The third-order valence-electron chi connectivity index (χ3n) is 3.77. The van der Waals surface area contributed by atoms with E-state index in [9.17, 15) is 9.59 Å². The van der Waals surface area contributed by atoms with Crippen LogP contribution in [0.15, 0.2) is 22.8 Å². The maximum atomic E-state index is 12.0. The summed E-state index contributed by atoms with van der Waals surface area (Å²) < 4.78 is 5.12. The summed E-state index contributed by atoms with van der Waals surface area (Å²) in [5.41, 5.74) is 0. The molecule has 1 N–H and O–H groups in total. The lowest BCUT2D eigenvalue weighted by Crippen LogP contribution is -2.49. The first-order valence-corrected chi connectivity index (χ1v) is 8.53. The molecule has 1 fully saturated rings. The molecule has 3 rings (SSSR count). The first kappa shape index (κ1) is 16.7. The number of carbonyl (C=O) groups is 2. The predicted octanol–water partition coefficient (Wildman–Crippen LogP) is 0.879. The van der Waals surface area contributed by atoms with Crippen LogP contribution in [0, 0.1) is 6.92 Å². The van der Waals surface area contributed by atoms with Gasteiger partial charge in [0.1, 0.15) is 5.01 Å². The number of aryl methyl sites for hydroxylation is 1. The summed E-state index contributed by atoms with van der Waals surface area (Å²) in [4.78, 5) is 28.2. The number of amides is 1. The number of aromatic nitrogens is 2. The van der Waals surface area contributed by atoms with Crippen LogP contribution in [0.4, 0.5) is 5.13 Å². The lowest BCUT2D eigenvalue weighted by atomic mass is 10.2. The van der Waals surface area contributed by atoms with E-state index in [1.165, 1.54) is 17.6 Å². The maximum Gasteiger partial charge on any atom is 0.240 e. The van der Waals surface area contributed by atoms with Gasteiger partial charge in [0.15, 0.2) is 5.76 Å². The Kier molecular flexibility index (Phi) is 5.34. The molecule has 0 aromatic carbocycles. The lowest BCUT2D eigenvalue weighted by Gasteiger charge is -2.33. The standard InChI is InChI=1S/C15H19N5O3S/c1-11-17-18-15(24-11)16-14(22)10-20-6-4-19(5-7-20)9-12(21)13-3-2-8-23-13/h2-3,8H,4-7,9-10H2,1H3,(H,16,18,22). The second-order valence-electron chi connectivity index (χ2n) is 5.63. The number of piperazine rings is 1. The van der Waals surface area contributed by atoms with Crippen LogP contribution >= 0.6 is 11.3 Å². The zero-order valence-corrected chi connectivity index (χ0v) is 14.2. The molecule has 0 spiro atoms. The van der Waals surface area contributed by atoms with Gasteiger partial charge in [0.05, 0.1) is 19.4 Å². The summed E-state index contributed by atoms with van der Waals surface area (Å²) in [7, 11) is 0. The van der Waals surface area contributed by atoms with Gasteiger partial charge in [-0.25, -0.2) is 0 Å². The van der Waals surface area contributed by atoms with Crippen molar-refractivity contribution >= 4 is 28.2 Å². The Bertz CT molecular complexity index is 692. The molecule has 0 atom stereocenters. The predicted molar refractivity (Wildman–Crippen MR) is 89.2 cm³/mol. The van der Waals surface area contributed by atoms with Crippen LogP contribution in [0.5, 0.6) is 0 Å². The first-order valence-electron chi connectivity index (χ1n) is 7.71. The van der Waals surface area contributed by atoms with Crippen molar-refractivity contribution in [1.82, 2.24) is 20.0 Å². The third-order valence-corrected chi connectivity index (χ3v) is 4.52. The first-order chi connectivity index (χ1) is 11.6. The van der Waals surface area contributed by atoms with E-state index in [0.717, 1.165) is 31.2 Å². The molecule has 128 valence electrons. The SMILES string of the molecule is Cc1nnc(NC(=O)CN2CCN(CC(=O)c3ccco3)CC2)s1. The number of rotatable bonds is 6. The molecule has 1 amide bonds. The van der Waals surface area contributed by atoms with E-state index >= 15 is 0 Å². The van der Waals surface area contributed by atoms with E-state index < -0.39 is 0 Å². The molecule has 0 unspecified atom stereocenters. The zero-order chi connectivity index (χ0) is 16.9. The smallest absolute Gasteiger partial charge is 0.240 e. The van der Waals surface area contributed by atoms with Crippen LogP contribution in [0.1, 0.15) is 15.6 Å². The number of nitrogens with zero attached hydrogens (tertiary/aromatic N) is 4. The van der Waals surface area contributed by atoms with E-state index in [-0.39, 0.29) is 11.7 Å². The molecule has 1 aliphatic rings. The molecule has 0 bridgehead atoms. The Morgan fingerprint density at radius 3 is 2.50 bits per heavy atom. The molecule has 0 saturated carbocycles. The van der Waals surface area contributed by atoms with Gasteiger partial charge in [-0.05, 0) is 19.1 Å². The van der Waals surface area contributed by atoms with Crippen LogP contribution in [0.25, 0.3) is 0 Å². The Hall–Kier alpha value is -2.10. The molecule has 24 heavy (non-hydrogen) atoms. The van der Waals surface area contributed by atoms with Gasteiger partial charge in [-0.1, -0.05) is 11.3 Å². The fraction of sp³-hybridized carbons (Fsp3) is 0.467. The van der Waals surface area contributed by atoms with Gasteiger partial charge >= 0.3 is 0 Å². The summed E-state index contributed by atoms with van der Waals surface area (Å²) in [5.74, 6) is 0.285. The second kappa shape index (κ2) is 7.65. The quantitative estimate of drug-likeness (QED) is 0.774. The van der Waals surface area contributed by atoms with E-state index in [2.05, 4.69) is 25.3 Å². The number of furan rings is 1. The molecule has 2 aromatic heterocycles. The number of nitrogens with one attached hydrogen (secondary N) is 1. The fourth-order valence-corrected chi connectivity index (χ4v) is 3.14. The van der Waals surface area contributed by atoms with Crippen LogP contribution in [-0.2, 0) is 4.79 Å². The highest BCUT2D eigenvalue weighted by Gasteiger charge is 2.22. The number of hydrogen-bond donors (Lipinski definition) is 1. The van der Waals surface area contributed by atoms with Crippen LogP contribution in [0.3, 0.4) is 0 Å². The molecule has 8 nitrogen and oxygen atoms in total. The number of anilines is 1. The summed E-state index contributed by atoms with van der Waals surface area (Å²) in [6.07, 6.45) is 1.50. The topological polar surface area (TPSA) is 91.6 Å². The molecule has 1 saturated heterocycles. The van der Waals surface area contributed by atoms with Crippen LogP contribution < -0.4 is 5.32 Å². The van der Waals surface area contributed by atoms with Crippen molar-refractivity contribution in [3.05, 3.63) is 29.2 Å².